The molecule has 1 heterocycles. The van der Waals surface area contributed by atoms with Crippen molar-refractivity contribution >= 4 is 16.1 Å². The molecule has 1 rings (SSSR count). The highest BCUT2D eigenvalue weighted by molar-refractivity contribution is 8.03. The van der Waals surface area contributed by atoms with Gasteiger partial charge in [0.25, 0.3) is 5.30 Å². The average Bonchev–Trinajstić information content (AvgIpc) is 1.91. The van der Waals surface area contributed by atoms with E-state index >= 15 is 0 Å². The molecule has 0 saturated heterocycles. The molecule has 1 atom stereocenters. The van der Waals surface area contributed by atoms with Crippen molar-refractivity contribution in [3.8, 4) is 0 Å². The zero-order valence-electron chi connectivity index (χ0n) is 3.30. The average molecular weight is 119 g/mol. The highest BCUT2D eigenvalue weighted by atomic mass is 32.2. The quantitative estimate of drug-likeness (QED) is 0.457. The van der Waals surface area contributed by atoms with Gasteiger partial charge in [0.1, 0.15) is 10.8 Å². The summed E-state index contributed by atoms with van der Waals surface area (Å²) in [6.07, 6.45) is 1.19. The molecule has 0 radical (unpaired) electrons. The molecule has 38 valence electrons. The standard InChI is InChI=1S/C3H2FNOS/c4-3-5-1-2-7(3)6/h1-2H. The summed E-state index contributed by atoms with van der Waals surface area (Å²) in [6.45, 7) is 0. The Morgan fingerprint density at radius 2 is 2.57 bits per heavy atom. The number of rotatable bonds is 0. The van der Waals surface area contributed by atoms with Crippen LogP contribution in [0, 0.1) is 0 Å². The van der Waals surface area contributed by atoms with Crippen molar-refractivity contribution in [2.45, 2.75) is 0 Å². The van der Waals surface area contributed by atoms with E-state index in [0.29, 0.717) is 0 Å². The van der Waals surface area contributed by atoms with Gasteiger partial charge in [-0.3, -0.25) is 0 Å². The summed E-state index contributed by atoms with van der Waals surface area (Å²) in [5, 5.41) is 0.384. The first-order chi connectivity index (χ1) is 3.30. The molecule has 1 aliphatic heterocycles. The van der Waals surface area contributed by atoms with Gasteiger partial charge in [0.05, 0.1) is 0 Å². The van der Waals surface area contributed by atoms with Gasteiger partial charge in [-0.2, -0.15) is 4.39 Å². The molecule has 0 aliphatic carbocycles. The predicted octanol–water partition coefficient (Wildman–Crippen LogP) is 0.545. The number of hydrogen-bond donors (Lipinski definition) is 0. The lowest BCUT2D eigenvalue weighted by atomic mass is 11.1. The molecule has 0 aromatic heterocycles. The molecule has 0 N–H and O–H groups in total. The van der Waals surface area contributed by atoms with E-state index < -0.39 is 16.1 Å². The molecular formula is C3H2FNOS. The van der Waals surface area contributed by atoms with Crippen LogP contribution in [0.2, 0.25) is 0 Å². The summed E-state index contributed by atoms with van der Waals surface area (Å²) in [5.74, 6) is 0. The zero-order chi connectivity index (χ0) is 5.28. The van der Waals surface area contributed by atoms with Crippen molar-refractivity contribution in [3.05, 3.63) is 11.6 Å². The third-order valence-electron chi connectivity index (χ3n) is 0.527. The second-order valence-corrected chi connectivity index (χ2v) is 2.17. The summed E-state index contributed by atoms with van der Waals surface area (Å²) >= 11 is 0. The van der Waals surface area contributed by atoms with Gasteiger partial charge in [0, 0.05) is 11.6 Å². The van der Waals surface area contributed by atoms with Crippen molar-refractivity contribution in [2.24, 2.45) is 4.99 Å². The number of aliphatic imine (C=N–C) groups is 1. The maximum atomic E-state index is 11.7. The molecule has 7 heavy (non-hydrogen) atoms. The van der Waals surface area contributed by atoms with Crippen LogP contribution in [0.4, 0.5) is 4.39 Å². The maximum absolute atomic E-state index is 11.7. The first-order valence-corrected chi connectivity index (χ1v) is 2.82. The van der Waals surface area contributed by atoms with Crippen LogP contribution in [0.25, 0.3) is 0 Å². The molecule has 2 nitrogen and oxygen atoms in total. The molecule has 0 spiro atoms. The van der Waals surface area contributed by atoms with Gasteiger partial charge in [-0.25, -0.2) is 9.20 Å². The van der Waals surface area contributed by atoms with E-state index in [4.69, 9.17) is 0 Å². The van der Waals surface area contributed by atoms with E-state index in [-0.39, 0.29) is 0 Å². The molecule has 1 unspecified atom stereocenters. The van der Waals surface area contributed by atoms with Gasteiger partial charge in [-0.1, -0.05) is 0 Å². The van der Waals surface area contributed by atoms with E-state index in [9.17, 15) is 8.60 Å². The Balaban J connectivity index is 2.89. The van der Waals surface area contributed by atoms with Gasteiger partial charge < -0.3 is 0 Å². The summed E-state index contributed by atoms with van der Waals surface area (Å²) < 4.78 is 21.8. The Hall–Kier alpha value is -0.510. The van der Waals surface area contributed by atoms with E-state index in [0.717, 1.165) is 0 Å². The lowest BCUT2D eigenvalue weighted by molar-refractivity contribution is 0.690. The minimum absolute atomic E-state index is 0.806. The van der Waals surface area contributed by atoms with Gasteiger partial charge in [0.2, 0.25) is 0 Å². The topological polar surface area (TPSA) is 29.4 Å². The third-order valence-corrected chi connectivity index (χ3v) is 1.33. The minimum atomic E-state index is -1.56. The normalized spacial score (nSPS) is 28.1. The second kappa shape index (κ2) is 1.54. The summed E-state index contributed by atoms with van der Waals surface area (Å²) in [6, 6.07) is 0. The number of halogens is 1. The molecular weight excluding hydrogens is 117 g/mol. The second-order valence-electron chi connectivity index (χ2n) is 0.965. The lowest BCUT2D eigenvalue weighted by Gasteiger charge is -1.73. The lowest BCUT2D eigenvalue weighted by Crippen LogP contribution is -1.89. The van der Waals surface area contributed by atoms with Gasteiger partial charge in [-0.15, -0.1) is 0 Å². The first-order valence-electron chi connectivity index (χ1n) is 1.61. The fourth-order valence-electron chi connectivity index (χ4n) is 0.252. The largest absolute Gasteiger partial charge is 0.282 e. The van der Waals surface area contributed by atoms with Crippen molar-refractivity contribution in [3.63, 3.8) is 0 Å². The van der Waals surface area contributed by atoms with Crippen LogP contribution in [0.1, 0.15) is 0 Å². The van der Waals surface area contributed by atoms with Crippen LogP contribution >= 0.6 is 0 Å². The summed E-state index contributed by atoms with van der Waals surface area (Å²) in [5.41, 5.74) is 0. The Labute approximate surface area is 42.2 Å². The van der Waals surface area contributed by atoms with Crippen LogP contribution in [0.15, 0.2) is 16.6 Å². The van der Waals surface area contributed by atoms with Crippen LogP contribution in [-0.4, -0.2) is 9.51 Å². The number of hydrogen-bond acceptors (Lipinski definition) is 2. The van der Waals surface area contributed by atoms with Crippen LogP contribution in [0.5, 0.6) is 0 Å². The molecule has 0 saturated carbocycles. The zero-order valence-corrected chi connectivity index (χ0v) is 4.11. The van der Waals surface area contributed by atoms with E-state index in [2.05, 4.69) is 4.99 Å². The maximum Gasteiger partial charge on any atom is 0.282 e. The van der Waals surface area contributed by atoms with Crippen LogP contribution in [-0.2, 0) is 10.8 Å². The van der Waals surface area contributed by atoms with Gasteiger partial charge in [-0.05, 0) is 0 Å². The Morgan fingerprint density at radius 1 is 1.86 bits per heavy atom. The minimum Gasteiger partial charge on any atom is -0.246 e. The Kier molecular flexibility index (Phi) is 1.02. The highest BCUT2D eigenvalue weighted by Gasteiger charge is 2.06. The molecule has 1 aliphatic rings. The Bertz CT molecular complexity index is 162. The smallest absolute Gasteiger partial charge is 0.246 e. The SMILES string of the molecule is O=S1C=CN=C1F. The predicted molar refractivity (Wildman–Crippen MR) is 25.8 cm³/mol. The first kappa shape index (κ1) is 4.64. The monoisotopic (exact) mass is 119 g/mol. The van der Waals surface area contributed by atoms with Crippen molar-refractivity contribution in [1.29, 1.82) is 0 Å². The van der Waals surface area contributed by atoms with E-state index in [1.165, 1.54) is 11.6 Å². The van der Waals surface area contributed by atoms with Crippen molar-refractivity contribution < 1.29 is 8.60 Å². The summed E-state index contributed by atoms with van der Waals surface area (Å²) in [7, 11) is -1.56. The van der Waals surface area contributed by atoms with Crippen LogP contribution < -0.4 is 0 Å². The molecule has 4 heteroatoms. The van der Waals surface area contributed by atoms with E-state index in [1.807, 2.05) is 0 Å². The highest BCUT2D eigenvalue weighted by Crippen LogP contribution is 2.00. The summed E-state index contributed by atoms with van der Waals surface area (Å²) in [4.78, 5) is 3.09. The number of nitrogens with zero attached hydrogens (tertiary/aromatic N) is 1. The molecule has 0 aromatic carbocycles. The van der Waals surface area contributed by atoms with Gasteiger partial charge in [0.15, 0.2) is 0 Å². The molecule has 0 fully saturated rings. The fraction of sp³-hybridized carbons (Fsp3) is 0. The van der Waals surface area contributed by atoms with Gasteiger partial charge >= 0.3 is 0 Å². The Morgan fingerprint density at radius 3 is 2.71 bits per heavy atom. The van der Waals surface area contributed by atoms with Crippen molar-refractivity contribution in [1.82, 2.24) is 0 Å². The third kappa shape index (κ3) is 0.742. The van der Waals surface area contributed by atoms with Crippen LogP contribution in [0.3, 0.4) is 0 Å². The molecule has 0 aromatic rings. The van der Waals surface area contributed by atoms with Crippen molar-refractivity contribution in [2.75, 3.05) is 0 Å². The van der Waals surface area contributed by atoms with E-state index in [1.54, 1.807) is 0 Å². The molecule has 0 bridgehead atoms. The molecule has 0 amide bonds. The fourth-order valence-corrected chi connectivity index (χ4v) is 0.701.